The average Bonchev–Trinajstić information content (AvgIpc) is 2.39. The smallest absolute Gasteiger partial charge is 0.122 e. The lowest BCUT2D eigenvalue weighted by Gasteiger charge is -2.15. The fraction of sp³-hybridized carbons (Fsp3) is 0.600. The molecule has 0 heterocycles. The Balaban J connectivity index is 2.22. The van der Waals surface area contributed by atoms with Gasteiger partial charge in [-0.3, -0.25) is 0 Å². The lowest BCUT2D eigenvalue weighted by molar-refractivity contribution is 0.106. The standard InChI is InChI=1S/C15H25NO2S/c1-12-5-6-13(2)15(9-12)18-11-14(17)10-16-7-4-8-19-3/h5-6,9,14,16-17H,4,7-8,10-11H2,1-3H3. The van der Waals surface area contributed by atoms with Crippen LogP contribution in [0.1, 0.15) is 17.5 Å². The topological polar surface area (TPSA) is 41.5 Å². The van der Waals surface area contributed by atoms with Crippen molar-refractivity contribution in [2.45, 2.75) is 26.4 Å². The number of hydrogen-bond acceptors (Lipinski definition) is 4. The Morgan fingerprint density at radius 1 is 1.37 bits per heavy atom. The van der Waals surface area contributed by atoms with Gasteiger partial charge in [-0.2, -0.15) is 11.8 Å². The van der Waals surface area contributed by atoms with Crippen LogP contribution in [-0.2, 0) is 0 Å². The number of hydrogen-bond donors (Lipinski definition) is 2. The lowest BCUT2D eigenvalue weighted by Crippen LogP contribution is -2.32. The summed E-state index contributed by atoms with van der Waals surface area (Å²) < 4.78 is 5.66. The zero-order chi connectivity index (χ0) is 14.1. The molecule has 19 heavy (non-hydrogen) atoms. The molecule has 108 valence electrons. The van der Waals surface area contributed by atoms with E-state index >= 15 is 0 Å². The summed E-state index contributed by atoms with van der Waals surface area (Å²) in [6, 6.07) is 6.11. The van der Waals surface area contributed by atoms with Crippen LogP contribution in [0.15, 0.2) is 18.2 Å². The van der Waals surface area contributed by atoms with Crippen molar-refractivity contribution in [1.82, 2.24) is 5.32 Å². The molecule has 1 unspecified atom stereocenters. The quantitative estimate of drug-likeness (QED) is 0.683. The van der Waals surface area contributed by atoms with Crippen LogP contribution in [0.2, 0.25) is 0 Å². The summed E-state index contributed by atoms with van der Waals surface area (Å²) in [5.74, 6) is 2.02. The lowest BCUT2D eigenvalue weighted by atomic mass is 10.1. The third-order valence-electron chi connectivity index (χ3n) is 2.86. The summed E-state index contributed by atoms with van der Waals surface area (Å²) in [5.41, 5.74) is 2.27. The highest BCUT2D eigenvalue weighted by molar-refractivity contribution is 7.98. The van der Waals surface area contributed by atoms with Crippen LogP contribution in [0.5, 0.6) is 5.75 Å². The van der Waals surface area contributed by atoms with Gasteiger partial charge in [-0.15, -0.1) is 0 Å². The number of ether oxygens (including phenoxy) is 1. The van der Waals surface area contributed by atoms with Gasteiger partial charge in [0.1, 0.15) is 18.5 Å². The van der Waals surface area contributed by atoms with Gasteiger partial charge in [0.05, 0.1) is 0 Å². The second kappa shape index (κ2) is 9.23. The Morgan fingerprint density at radius 2 is 2.16 bits per heavy atom. The van der Waals surface area contributed by atoms with Crippen LogP contribution in [0.4, 0.5) is 0 Å². The van der Waals surface area contributed by atoms with Crippen molar-refractivity contribution >= 4 is 11.8 Å². The molecule has 0 spiro atoms. The average molecular weight is 283 g/mol. The number of aliphatic hydroxyl groups excluding tert-OH is 1. The molecular weight excluding hydrogens is 258 g/mol. The highest BCUT2D eigenvalue weighted by Crippen LogP contribution is 2.19. The number of nitrogens with one attached hydrogen (secondary N) is 1. The first-order chi connectivity index (χ1) is 9.13. The van der Waals surface area contributed by atoms with Gasteiger partial charge >= 0.3 is 0 Å². The molecule has 0 aromatic heterocycles. The van der Waals surface area contributed by atoms with E-state index in [1.54, 1.807) is 0 Å². The van der Waals surface area contributed by atoms with E-state index in [9.17, 15) is 5.11 Å². The molecule has 2 N–H and O–H groups in total. The van der Waals surface area contributed by atoms with Crippen molar-refractivity contribution in [3.63, 3.8) is 0 Å². The molecule has 1 aromatic rings. The molecular formula is C15H25NO2S. The van der Waals surface area contributed by atoms with E-state index in [1.807, 2.05) is 37.7 Å². The number of rotatable bonds is 9. The van der Waals surface area contributed by atoms with E-state index in [1.165, 1.54) is 5.56 Å². The van der Waals surface area contributed by atoms with Crippen molar-refractivity contribution in [2.75, 3.05) is 31.7 Å². The van der Waals surface area contributed by atoms with Gasteiger partial charge in [-0.1, -0.05) is 12.1 Å². The van der Waals surface area contributed by atoms with E-state index in [0.29, 0.717) is 13.2 Å². The molecule has 0 radical (unpaired) electrons. The summed E-state index contributed by atoms with van der Waals surface area (Å²) in [7, 11) is 0. The molecule has 3 nitrogen and oxygen atoms in total. The highest BCUT2D eigenvalue weighted by atomic mass is 32.2. The largest absolute Gasteiger partial charge is 0.491 e. The van der Waals surface area contributed by atoms with Crippen LogP contribution in [0.3, 0.4) is 0 Å². The van der Waals surface area contributed by atoms with Gasteiger partial charge in [0.25, 0.3) is 0 Å². The fourth-order valence-corrected chi connectivity index (χ4v) is 2.15. The molecule has 0 fully saturated rings. The molecule has 0 aliphatic rings. The second-order valence-electron chi connectivity index (χ2n) is 4.78. The maximum atomic E-state index is 9.83. The zero-order valence-electron chi connectivity index (χ0n) is 12.1. The summed E-state index contributed by atoms with van der Waals surface area (Å²) in [6.45, 7) is 5.91. The third-order valence-corrected chi connectivity index (χ3v) is 3.55. The minimum Gasteiger partial charge on any atom is -0.491 e. The maximum absolute atomic E-state index is 9.83. The van der Waals surface area contributed by atoms with Gasteiger partial charge in [0.15, 0.2) is 0 Å². The van der Waals surface area contributed by atoms with Gasteiger partial charge in [0, 0.05) is 6.54 Å². The first kappa shape index (κ1) is 16.3. The predicted octanol–water partition coefficient (Wildman–Crippen LogP) is 2.39. The Kier molecular flexibility index (Phi) is 7.94. The van der Waals surface area contributed by atoms with Crippen LogP contribution in [0.25, 0.3) is 0 Å². The van der Waals surface area contributed by atoms with E-state index in [0.717, 1.165) is 30.0 Å². The summed E-state index contributed by atoms with van der Waals surface area (Å²) in [5, 5.41) is 13.1. The molecule has 4 heteroatoms. The second-order valence-corrected chi connectivity index (χ2v) is 5.77. The van der Waals surface area contributed by atoms with Crippen molar-refractivity contribution < 1.29 is 9.84 Å². The first-order valence-electron chi connectivity index (χ1n) is 6.71. The van der Waals surface area contributed by atoms with E-state index in [2.05, 4.69) is 17.6 Å². The molecule has 1 atom stereocenters. The van der Waals surface area contributed by atoms with E-state index < -0.39 is 6.10 Å². The van der Waals surface area contributed by atoms with Crippen molar-refractivity contribution in [3.8, 4) is 5.75 Å². The number of benzene rings is 1. The van der Waals surface area contributed by atoms with Crippen LogP contribution >= 0.6 is 11.8 Å². The number of aryl methyl sites for hydroxylation is 2. The molecule has 0 aliphatic carbocycles. The molecule has 1 rings (SSSR count). The van der Waals surface area contributed by atoms with Gasteiger partial charge in [-0.25, -0.2) is 0 Å². The van der Waals surface area contributed by atoms with Crippen molar-refractivity contribution in [1.29, 1.82) is 0 Å². The van der Waals surface area contributed by atoms with E-state index in [-0.39, 0.29) is 0 Å². The van der Waals surface area contributed by atoms with Gasteiger partial charge < -0.3 is 15.2 Å². The van der Waals surface area contributed by atoms with Crippen LogP contribution in [-0.4, -0.2) is 42.9 Å². The Morgan fingerprint density at radius 3 is 2.89 bits per heavy atom. The molecule has 0 saturated carbocycles. The van der Waals surface area contributed by atoms with Crippen LogP contribution in [0, 0.1) is 13.8 Å². The minimum absolute atomic E-state index is 0.333. The molecule has 0 amide bonds. The monoisotopic (exact) mass is 283 g/mol. The summed E-state index contributed by atoms with van der Waals surface area (Å²) >= 11 is 1.84. The SMILES string of the molecule is CSCCCNCC(O)COc1cc(C)ccc1C. The molecule has 0 bridgehead atoms. The van der Waals surface area contributed by atoms with Crippen molar-refractivity contribution in [3.05, 3.63) is 29.3 Å². The van der Waals surface area contributed by atoms with Crippen molar-refractivity contribution in [2.24, 2.45) is 0 Å². The molecule has 0 saturated heterocycles. The number of thioether (sulfide) groups is 1. The zero-order valence-corrected chi connectivity index (χ0v) is 12.9. The summed E-state index contributed by atoms with van der Waals surface area (Å²) in [6.07, 6.45) is 2.77. The molecule has 0 aliphatic heterocycles. The summed E-state index contributed by atoms with van der Waals surface area (Å²) in [4.78, 5) is 0. The Bertz CT molecular complexity index is 371. The van der Waals surface area contributed by atoms with Gasteiger partial charge in [0.2, 0.25) is 0 Å². The first-order valence-corrected chi connectivity index (χ1v) is 8.10. The van der Waals surface area contributed by atoms with E-state index in [4.69, 9.17) is 4.74 Å². The van der Waals surface area contributed by atoms with Gasteiger partial charge in [-0.05, 0) is 56.0 Å². The Labute approximate surface area is 120 Å². The predicted molar refractivity (Wildman–Crippen MR) is 83.3 cm³/mol. The Hall–Kier alpha value is -0.710. The third kappa shape index (κ3) is 6.85. The maximum Gasteiger partial charge on any atom is 0.122 e. The fourth-order valence-electron chi connectivity index (χ4n) is 1.72. The molecule has 1 aromatic carbocycles. The minimum atomic E-state index is -0.464. The highest BCUT2D eigenvalue weighted by Gasteiger charge is 2.06. The number of aliphatic hydroxyl groups is 1. The van der Waals surface area contributed by atoms with Crippen LogP contribution < -0.4 is 10.1 Å². The normalized spacial score (nSPS) is 12.4.